The lowest BCUT2D eigenvalue weighted by Gasteiger charge is -2.37. The van der Waals surface area contributed by atoms with Crippen LogP contribution >= 0.6 is 0 Å². The highest BCUT2D eigenvalue weighted by molar-refractivity contribution is 5.94. The van der Waals surface area contributed by atoms with E-state index in [1.165, 1.54) is 53.6 Å². The van der Waals surface area contributed by atoms with Crippen molar-refractivity contribution in [3.05, 3.63) is 106 Å². The first-order chi connectivity index (χ1) is 18.0. The van der Waals surface area contributed by atoms with Crippen LogP contribution in [0.4, 0.5) is 4.39 Å². The number of carbonyl (C=O) groups excluding carboxylic acids is 1. The van der Waals surface area contributed by atoms with Crippen LogP contribution in [0, 0.1) is 25.6 Å². The highest BCUT2D eigenvalue weighted by Gasteiger charge is 2.38. The third-order valence-corrected chi connectivity index (χ3v) is 8.39. The van der Waals surface area contributed by atoms with Crippen LogP contribution in [-0.4, -0.2) is 41.4 Å². The zero-order chi connectivity index (χ0) is 25.8. The average molecular weight is 499 g/mol. The second-order valence-corrected chi connectivity index (χ2v) is 11.2. The van der Waals surface area contributed by atoms with Gasteiger partial charge < -0.3 is 4.90 Å². The summed E-state index contributed by atoms with van der Waals surface area (Å²) in [5.74, 6) is 0.464. The van der Waals surface area contributed by atoms with E-state index in [9.17, 15) is 9.18 Å². The number of halogens is 1. The van der Waals surface area contributed by atoms with Gasteiger partial charge in [-0.2, -0.15) is 0 Å². The Balaban J connectivity index is 1.43. The van der Waals surface area contributed by atoms with Crippen molar-refractivity contribution in [2.45, 2.75) is 64.5 Å². The van der Waals surface area contributed by atoms with Crippen molar-refractivity contribution in [3.63, 3.8) is 0 Å². The number of hydrogen-bond donors (Lipinski definition) is 0. The van der Waals surface area contributed by atoms with Gasteiger partial charge in [0.2, 0.25) is 0 Å². The lowest BCUT2D eigenvalue weighted by Crippen LogP contribution is -2.45. The predicted molar refractivity (Wildman–Crippen MR) is 148 cm³/mol. The maximum Gasteiger partial charge on any atom is 0.254 e. The summed E-state index contributed by atoms with van der Waals surface area (Å²) < 4.78 is 13.6. The van der Waals surface area contributed by atoms with Gasteiger partial charge >= 0.3 is 0 Å². The summed E-state index contributed by atoms with van der Waals surface area (Å²) in [6.07, 6.45) is 5.70. The van der Waals surface area contributed by atoms with Crippen LogP contribution in [0.5, 0.6) is 0 Å². The Bertz CT molecular complexity index is 1200. The van der Waals surface area contributed by atoms with E-state index in [2.05, 4.69) is 72.2 Å². The van der Waals surface area contributed by atoms with Crippen LogP contribution in [0.15, 0.2) is 72.8 Å². The lowest BCUT2D eigenvalue weighted by molar-refractivity contribution is 0.0588. The number of aryl methyl sites for hydroxylation is 2. The minimum atomic E-state index is -0.303. The monoisotopic (exact) mass is 498 g/mol. The topological polar surface area (TPSA) is 23.6 Å². The van der Waals surface area contributed by atoms with Crippen molar-refractivity contribution >= 4 is 5.91 Å². The molecule has 2 unspecified atom stereocenters. The molecule has 3 nitrogen and oxygen atoms in total. The summed E-state index contributed by atoms with van der Waals surface area (Å²) in [6.45, 7) is 7.98. The molecule has 2 fully saturated rings. The van der Waals surface area contributed by atoms with Crippen molar-refractivity contribution in [2.75, 3.05) is 19.6 Å². The molecule has 3 aromatic carbocycles. The van der Waals surface area contributed by atoms with Crippen LogP contribution in [-0.2, 0) is 6.54 Å². The summed E-state index contributed by atoms with van der Waals surface area (Å²) in [6, 6.07) is 23.9. The molecule has 2 atom stereocenters. The van der Waals surface area contributed by atoms with Crippen molar-refractivity contribution in [1.82, 2.24) is 9.80 Å². The molecule has 1 amide bonds. The summed E-state index contributed by atoms with van der Waals surface area (Å²) in [4.78, 5) is 18.6. The number of amides is 1. The van der Waals surface area contributed by atoms with Gasteiger partial charge in [0, 0.05) is 43.7 Å². The molecule has 1 heterocycles. The molecule has 1 aliphatic carbocycles. The molecule has 194 valence electrons. The van der Waals surface area contributed by atoms with E-state index in [0.717, 1.165) is 39.0 Å². The number of rotatable bonds is 7. The van der Waals surface area contributed by atoms with Gasteiger partial charge in [0.1, 0.15) is 5.82 Å². The van der Waals surface area contributed by atoms with Gasteiger partial charge in [0.15, 0.2) is 0 Å². The highest BCUT2D eigenvalue weighted by Crippen LogP contribution is 2.37. The molecule has 37 heavy (non-hydrogen) atoms. The number of benzene rings is 3. The van der Waals surface area contributed by atoms with Crippen LogP contribution < -0.4 is 0 Å². The smallest absolute Gasteiger partial charge is 0.254 e. The van der Waals surface area contributed by atoms with Crippen LogP contribution in [0.1, 0.15) is 70.6 Å². The normalized spacial score (nSPS) is 20.7. The molecule has 1 saturated carbocycles. The van der Waals surface area contributed by atoms with E-state index in [0.29, 0.717) is 17.4 Å². The van der Waals surface area contributed by atoms with Crippen molar-refractivity contribution in [3.8, 4) is 0 Å². The summed E-state index contributed by atoms with van der Waals surface area (Å²) >= 11 is 0. The first kappa shape index (κ1) is 25.7. The third-order valence-electron chi connectivity index (χ3n) is 8.39. The van der Waals surface area contributed by atoms with Crippen LogP contribution in [0.2, 0.25) is 0 Å². The standard InChI is InChI=1S/C33H39FN2O/c1-24-9-8-11-26(19-24)20-35-21-28(32(23-35)31-14-7-6-10-25(31)2)22-36(30-12-4-3-5-13-30)33(37)27-15-17-29(34)18-16-27/h6-11,14-19,28,30,32H,3-5,12-13,20-23H2,1-2H3. The Morgan fingerprint density at radius 3 is 2.41 bits per heavy atom. The van der Waals surface area contributed by atoms with Crippen molar-refractivity contribution < 1.29 is 9.18 Å². The van der Waals surface area contributed by atoms with E-state index in [4.69, 9.17) is 0 Å². The zero-order valence-corrected chi connectivity index (χ0v) is 22.2. The summed E-state index contributed by atoms with van der Waals surface area (Å²) in [5.41, 5.74) is 5.95. The number of nitrogens with zero attached hydrogens (tertiary/aromatic N) is 2. The van der Waals surface area contributed by atoms with Gasteiger partial charge in [0.05, 0.1) is 0 Å². The zero-order valence-electron chi connectivity index (χ0n) is 22.2. The maximum atomic E-state index is 13.9. The quantitative estimate of drug-likeness (QED) is 0.346. The predicted octanol–water partition coefficient (Wildman–Crippen LogP) is 7.13. The molecular weight excluding hydrogens is 459 g/mol. The largest absolute Gasteiger partial charge is 0.335 e. The average Bonchev–Trinajstić information content (AvgIpc) is 3.30. The number of hydrogen-bond acceptors (Lipinski definition) is 2. The van der Waals surface area contributed by atoms with Gasteiger partial charge in [-0.25, -0.2) is 4.39 Å². The maximum absolute atomic E-state index is 13.9. The van der Waals surface area contributed by atoms with Gasteiger partial charge in [-0.05, 0) is 73.6 Å². The molecule has 0 radical (unpaired) electrons. The third kappa shape index (κ3) is 6.13. The van der Waals surface area contributed by atoms with E-state index < -0.39 is 0 Å². The molecule has 1 aliphatic heterocycles. The summed E-state index contributed by atoms with van der Waals surface area (Å²) in [7, 11) is 0. The Hall–Kier alpha value is -2.98. The molecular formula is C33H39FN2O. The second kappa shape index (κ2) is 11.6. The van der Waals surface area contributed by atoms with E-state index in [1.54, 1.807) is 12.1 Å². The molecule has 5 rings (SSSR count). The van der Waals surface area contributed by atoms with E-state index >= 15 is 0 Å². The summed E-state index contributed by atoms with van der Waals surface area (Å²) in [5, 5.41) is 0. The van der Waals surface area contributed by atoms with E-state index in [-0.39, 0.29) is 17.8 Å². The molecule has 0 aromatic heterocycles. The fourth-order valence-corrected chi connectivity index (χ4v) is 6.50. The second-order valence-electron chi connectivity index (χ2n) is 11.2. The lowest BCUT2D eigenvalue weighted by atomic mass is 9.85. The first-order valence-electron chi connectivity index (χ1n) is 13.9. The van der Waals surface area contributed by atoms with Gasteiger partial charge in [0.25, 0.3) is 5.91 Å². The van der Waals surface area contributed by atoms with E-state index in [1.807, 2.05) is 0 Å². The van der Waals surface area contributed by atoms with Gasteiger partial charge in [-0.3, -0.25) is 9.69 Å². The molecule has 3 aromatic rings. The van der Waals surface area contributed by atoms with Gasteiger partial charge in [-0.1, -0.05) is 73.4 Å². The highest BCUT2D eigenvalue weighted by atomic mass is 19.1. The SMILES string of the molecule is Cc1cccc(CN2CC(CN(C(=O)c3ccc(F)cc3)C3CCCCC3)C(c3ccccc3C)C2)c1. The minimum absolute atomic E-state index is 0.0487. The molecule has 0 spiro atoms. The van der Waals surface area contributed by atoms with Crippen LogP contribution in [0.3, 0.4) is 0 Å². The number of carbonyl (C=O) groups is 1. The van der Waals surface area contributed by atoms with Crippen molar-refractivity contribution in [1.29, 1.82) is 0 Å². The Morgan fingerprint density at radius 2 is 1.68 bits per heavy atom. The van der Waals surface area contributed by atoms with Crippen molar-refractivity contribution in [2.24, 2.45) is 5.92 Å². The number of likely N-dealkylation sites (tertiary alicyclic amines) is 1. The Morgan fingerprint density at radius 1 is 0.919 bits per heavy atom. The first-order valence-corrected chi connectivity index (χ1v) is 13.9. The Labute approximate surface area is 221 Å². The Kier molecular flexibility index (Phi) is 8.05. The molecule has 1 saturated heterocycles. The fraction of sp³-hybridized carbons (Fsp3) is 0.424. The molecule has 4 heteroatoms. The fourth-order valence-electron chi connectivity index (χ4n) is 6.50. The molecule has 0 N–H and O–H groups in total. The van der Waals surface area contributed by atoms with Gasteiger partial charge in [-0.15, -0.1) is 0 Å². The van der Waals surface area contributed by atoms with Crippen LogP contribution in [0.25, 0.3) is 0 Å². The molecule has 2 aliphatic rings. The minimum Gasteiger partial charge on any atom is -0.335 e. The molecule has 0 bridgehead atoms.